The first-order chi connectivity index (χ1) is 4.27. The molecule has 0 aromatic heterocycles. The number of nitrogens with one attached hydrogen (secondary N) is 1. The molecule has 0 saturated heterocycles. The lowest BCUT2D eigenvalue weighted by Crippen LogP contribution is -2.01. The first-order valence-electron chi connectivity index (χ1n) is 1.85. The van der Waals surface area contributed by atoms with Crippen LogP contribution < -0.4 is 5.73 Å². The van der Waals surface area contributed by atoms with E-state index >= 15 is 0 Å². The van der Waals surface area contributed by atoms with E-state index < -0.39 is 10.4 Å². The Labute approximate surface area is 62.9 Å². The number of amidine groups is 1. The molecule has 0 amide bonds. The quantitative estimate of drug-likeness (QED) is 0.178. The first kappa shape index (κ1) is 12.4. The Kier molecular flexibility index (Phi) is 6.77. The number of nitrogens with two attached hydrogens (primary N) is 1. The molecule has 0 unspecified atom stereocenters. The van der Waals surface area contributed by atoms with Crippen molar-refractivity contribution in [2.45, 2.75) is 0 Å². The molecule has 0 aliphatic carbocycles. The number of hydrogen-bond acceptors (Lipinski definition) is 4. The monoisotopic (exact) mass is 189 g/mol. The van der Waals surface area contributed by atoms with Crippen LogP contribution in [-0.2, 0) is 10.4 Å². The minimum Gasteiger partial charge on any atom is -0.379 e. The summed E-state index contributed by atoms with van der Waals surface area (Å²) in [5.41, 5.74) is 4.84. The summed E-state index contributed by atoms with van der Waals surface area (Å²) in [7, 11) is -4.67. The molecule has 6 nitrogen and oxygen atoms in total. The van der Waals surface area contributed by atoms with Crippen LogP contribution in [-0.4, -0.2) is 28.9 Å². The summed E-state index contributed by atoms with van der Waals surface area (Å²) < 4.78 is 31.6. The predicted molar refractivity (Wildman–Crippen MR) is 39.6 cm³/mol. The highest BCUT2D eigenvalue weighted by Gasteiger charge is 1.84. The van der Waals surface area contributed by atoms with Gasteiger partial charge in [-0.05, 0) is 6.26 Å². The zero-order valence-corrected chi connectivity index (χ0v) is 6.74. The normalized spacial score (nSPS) is 9.50. The molecule has 10 heavy (non-hydrogen) atoms. The SMILES string of the molecule is CS[13C](=N)N.O=S(=O)(O)O. The zero-order chi connectivity index (χ0) is 8.78. The summed E-state index contributed by atoms with van der Waals surface area (Å²) in [5, 5.41) is 6.66. The first-order valence-corrected chi connectivity index (χ1v) is 4.47. The van der Waals surface area contributed by atoms with E-state index in [1.54, 1.807) is 6.26 Å². The van der Waals surface area contributed by atoms with Crippen LogP contribution in [0.1, 0.15) is 0 Å². The van der Waals surface area contributed by atoms with Gasteiger partial charge < -0.3 is 5.73 Å². The molecule has 0 saturated carbocycles. The van der Waals surface area contributed by atoms with Crippen LogP contribution in [0.2, 0.25) is 0 Å². The second kappa shape index (κ2) is 5.47. The third-order valence-corrected chi connectivity index (χ3v) is 0.660. The fourth-order valence-corrected chi connectivity index (χ4v) is 0. The molecule has 0 atom stereocenters. The van der Waals surface area contributed by atoms with Gasteiger partial charge in [0.05, 0.1) is 0 Å². The average molecular weight is 189 g/mol. The van der Waals surface area contributed by atoms with E-state index in [9.17, 15) is 0 Å². The Morgan fingerprint density at radius 2 is 1.70 bits per heavy atom. The Bertz CT molecular complexity index is 177. The highest BCUT2D eigenvalue weighted by atomic mass is 32.3. The summed E-state index contributed by atoms with van der Waals surface area (Å²) in [5.74, 6) is 0. The second-order valence-electron chi connectivity index (χ2n) is 1.02. The van der Waals surface area contributed by atoms with E-state index in [-0.39, 0.29) is 5.17 Å². The maximum atomic E-state index is 8.74. The topological polar surface area (TPSA) is 124 Å². The Balaban J connectivity index is 0. The second-order valence-corrected chi connectivity index (χ2v) is 2.76. The van der Waals surface area contributed by atoms with E-state index in [4.69, 9.17) is 28.7 Å². The average Bonchev–Trinajstić information content (AvgIpc) is 1.61. The molecule has 0 aromatic carbocycles. The molecule has 8 heteroatoms. The van der Waals surface area contributed by atoms with E-state index in [0.717, 1.165) is 0 Å². The molecule has 0 heterocycles. The van der Waals surface area contributed by atoms with Gasteiger partial charge in [-0.15, -0.1) is 0 Å². The Morgan fingerprint density at radius 3 is 1.70 bits per heavy atom. The van der Waals surface area contributed by atoms with E-state index in [1.807, 2.05) is 0 Å². The van der Waals surface area contributed by atoms with Crippen LogP contribution in [0.5, 0.6) is 0 Å². The van der Waals surface area contributed by atoms with Crippen LogP contribution in [0.25, 0.3) is 0 Å². The molecule has 0 aliphatic rings. The molecule has 0 bridgehead atoms. The number of rotatable bonds is 0. The minimum atomic E-state index is -4.67. The summed E-state index contributed by atoms with van der Waals surface area (Å²) in [6, 6.07) is 0. The summed E-state index contributed by atoms with van der Waals surface area (Å²) >= 11 is 1.24. The van der Waals surface area contributed by atoms with Gasteiger partial charge in [0.1, 0.15) is 0 Å². The van der Waals surface area contributed by atoms with E-state index in [2.05, 4.69) is 0 Å². The molecule has 0 fully saturated rings. The van der Waals surface area contributed by atoms with Crippen LogP contribution in [0, 0.1) is 5.41 Å². The molecular formula is C2H8N2O4S2. The lowest BCUT2D eigenvalue weighted by Gasteiger charge is -1.78. The minimum absolute atomic E-state index is 0.171. The molecule has 0 aromatic rings. The van der Waals surface area contributed by atoms with Crippen molar-refractivity contribution < 1.29 is 17.5 Å². The largest absolute Gasteiger partial charge is 0.394 e. The molecule has 0 spiro atoms. The maximum Gasteiger partial charge on any atom is 0.394 e. The van der Waals surface area contributed by atoms with Gasteiger partial charge in [0.2, 0.25) is 0 Å². The smallest absolute Gasteiger partial charge is 0.379 e. The lowest BCUT2D eigenvalue weighted by atomic mass is 12.0. The predicted octanol–water partition coefficient (Wildman–Crippen LogP) is -0.410. The van der Waals surface area contributed by atoms with Gasteiger partial charge >= 0.3 is 10.4 Å². The van der Waals surface area contributed by atoms with Crippen LogP contribution in [0.4, 0.5) is 0 Å². The van der Waals surface area contributed by atoms with Gasteiger partial charge in [0.15, 0.2) is 5.17 Å². The molecule has 0 rings (SSSR count). The van der Waals surface area contributed by atoms with Crippen molar-refractivity contribution in [1.82, 2.24) is 0 Å². The fraction of sp³-hybridized carbons (Fsp3) is 0.500. The summed E-state index contributed by atoms with van der Waals surface area (Å²) in [4.78, 5) is 0. The van der Waals surface area contributed by atoms with Gasteiger partial charge in [-0.2, -0.15) is 8.42 Å². The van der Waals surface area contributed by atoms with Crippen molar-refractivity contribution in [3.05, 3.63) is 0 Å². The standard InChI is InChI=1S/C2H6N2S.H2O4S/c1-5-2(3)4;1-5(2,3)4/h1H3,(H3,3,4);(H2,1,2,3,4)/i2+1;. The van der Waals surface area contributed by atoms with Crippen molar-refractivity contribution >= 4 is 27.3 Å². The molecule has 0 radical (unpaired) electrons. The van der Waals surface area contributed by atoms with Crippen molar-refractivity contribution in [3.63, 3.8) is 0 Å². The van der Waals surface area contributed by atoms with Crippen molar-refractivity contribution in [2.75, 3.05) is 6.26 Å². The van der Waals surface area contributed by atoms with Crippen molar-refractivity contribution in [2.24, 2.45) is 5.73 Å². The highest BCUT2D eigenvalue weighted by Crippen LogP contribution is 1.83. The highest BCUT2D eigenvalue weighted by molar-refractivity contribution is 8.13. The van der Waals surface area contributed by atoms with Crippen molar-refractivity contribution in [3.8, 4) is 0 Å². The van der Waals surface area contributed by atoms with Gasteiger partial charge in [-0.1, -0.05) is 11.8 Å². The van der Waals surface area contributed by atoms with Crippen LogP contribution in [0.3, 0.4) is 0 Å². The third kappa shape index (κ3) is 121. The Hall–Kier alpha value is -0.310. The van der Waals surface area contributed by atoms with Gasteiger partial charge in [-0.25, -0.2) is 0 Å². The van der Waals surface area contributed by atoms with Crippen molar-refractivity contribution in [1.29, 1.82) is 5.41 Å². The third-order valence-electron chi connectivity index (χ3n) is 0.220. The van der Waals surface area contributed by atoms with Crippen LogP contribution >= 0.6 is 11.8 Å². The summed E-state index contributed by atoms with van der Waals surface area (Å²) in [6.45, 7) is 0. The number of thioether (sulfide) groups is 1. The molecule has 5 N–H and O–H groups in total. The lowest BCUT2D eigenvalue weighted by molar-refractivity contribution is 0.381. The van der Waals surface area contributed by atoms with Gasteiger partial charge in [0, 0.05) is 0 Å². The zero-order valence-electron chi connectivity index (χ0n) is 5.10. The maximum absolute atomic E-state index is 8.74. The van der Waals surface area contributed by atoms with Gasteiger partial charge in [0.25, 0.3) is 0 Å². The van der Waals surface area contributed by atoms with Gasteiger partial charge in [-0.3, -0.25) is 14.5 Å². The Morgan fingerprint density at radius 1 is 1.60 bits per heavy atom. The molecular weight excluding hydrogens is 181 g/mol. The summed E-state index contributed by atoms with van der Waals surface area (Å²) in [6.07, 6.45) is 1.77. The number of hydrogen-bond donors (Lipinski definition) is 4. The fourth-order valence-electron chi connectivity index (χ4n) is 0. The van der Waals surface area contributed by atoms with Crippen LogP contribution in [0.15, 0.2) is 0 Å². The molecule has 62 valence electrons. The van der Waals surface area contributed by atoms with E-state index in [1.165, 1.54) is 11.8 Å². The molecule has 0 aliphatic heterocycles. The van der Waals surface area contributed by atoms with E-state index in [0.29, 0.717) is 0 Å².